The number of nitrogens with zero attached hydrogens (tertiary/aromatic N) is 1. The number of carbonyl (C=O) groups excluding carboxylic acids is 1. The van der Waals surface area contributed by atoms with Crippen LogP contribution >= 0.6 is 12.4 Å². The van der Waals surface area contributed by atoms with E-state index in [-0.39, 0.29) is 30.4 Å². The van der Waals surface area contributed by atoms with Crippen LogP contribution in [-0.2, 0) is 10.7 Å². The highest BCUT2D eigenvalue weighted by Crippen LogP contribution is 2.29. The fourth-order valence-electron chi connectivity index (χ4n) is 2.12. The van der Waals surface area contributed by atoms with Gasteiger partial charge in [-0.25, -0.2) is 0 Å². The van der Waals surface area contributed by atoms with Gasteiger partial charge in [0, 0.05) is 19.7 Å². The van der Waals surface area contributed by atoms with E-state index in [9.17, 15) is 13.6 Å². The summed E-state index contributed by atoms with van der Waals surface area (Å²) in [5.41, 5.74) is -0.113. The molecule has 1 aromatic rings. The molecule has 1 amide bonds. The van der Waals surface area contributed by atoms with Crippen LogP contribution in [0, 0.1) is 0 Å². The molecule has 0 bridgehead atoms. The number of likely N-dealkylation sites (N-methyl/N-ethyl adjacent to an activating group) is 1. The SMILES string of the molecule is CCCCCCOc1cccc(C(F)(F)CNCC(=O)N(C)C)c1.Cl. The molecule has 0 atom stereocenters. The van der Waals surface area contributed by atoms with Crippen LogP contribution in [-0.4, -0.2) is 44.6 Å². The molecule has 0 saturated carbocycles. The van der Waals surface area contributed by atoms with Crippen LogP contribution in [0.25, 0.3) is 0 Å². The molecule has 1 aromatic carbocycles. The summed E-state index contributed by atoms with van der Waals surface area (Å²) in [7, 11) is 3.17. The molecule has 0 aliphatic rings. The predicted octanol–water partition coefficient (Wildman–Crippen LogP) is 3.84. The topological polar surface area (TPSA) is 41.6 Å². The fraction of sp³-hybridized carbons (Fsp3) is 0.611. The van der Waals surface area contributed by atoms with E-state index in [4.69, 9.17) is 4.74 Å². The summed E-state index contributed by atoms with van der Waals surface area (Å²) in [5.74, 6) is -2.85. The number of hydrogen-bond donors (Lipinski definition) is 1. The maximum atomic E-state index is 14.2. The molecule has 0 unspecified atom stereocenters. The second-order valence-corrected chi connectivity index (χ2v) is 6.03. The van der Waals surface area contributed by atoms with Gasteiger partial charge < -0.3 is 15.0 Å². The van der Waals surface area contributed by atoms with Gasteiger partial charge in [0.2, 0.25) is 5.91 Å². The minimum absolute atomic E-state index is 0. The van der Waals surface area contributed by atoms with Crippen LogP contribution in [0.2, 0.25) is 0 Å². The number of amides is 1. The number of benzene rings is 1. The van der Waals surface area contributed by atoms with Crippen LogP contribution in [0.5, 0.6) is 5.75 Å². The monoisotopic (exact) mass is 378 g/mol. The summed E-state index contributed by atoms with van der Waals surface area (Å²) in [5, 5.41) is 2.51. The highest BCUT2D eigenvalue weighted by atomic mass is 35.5. The van der Waals surface area contributed by atoms with Gasteiger partial charge >= 0.3 is 0 Å². The summed E-state index contributed by atoms with van der Waals surface area (Å²) in [6, 6.07) is 5.99. The number of nitrogens with one attached hydrogen (secondary N) is 1. The predicted molar refractivity (Wildman–Crippen MR) is 98.8 cm³/mol. The van der Waals surface area contributed by atoms with Crippen molar-refractivity contribution in [3.05, 3.63) is 29.8 Å². The molecular formula is C18H29ClF2N2O2. The fourth-order valence-corrected chi connectivity index (χ4v) is 2.12. The highest BCUT2D eigenvalue weighted by Gasteiger charge is 2.31. The van der Waals surface area contributed by atoms with Crippen LogP contribution < -0.4 is 10.1 Å². The van der Waals surface area contributed by atoms with E-state index in [0.29, 0.717) is 12.4 Å². The Morgan fingerprint density at radius 1 is 1.24 bits per heavy atom. The molecule has 0 heterocycles. The summed E-state index contributed by atoms with van der Waals surface area (Å²) in [6.07, 6.45) is 4.29. The van der Waals surface area contributed by atoms with E-state index in [0.717, 1.165) is 25.7 Å². The Balaban J connectivity index is 0.00000576. The molecule has 0 fully saturated rings. The van der Waals surface area contributed by atoms with Crippen molar-refractivity contribution < 1.29 is 18.3 Å². The van der Waals surface area contributed by atoms with Crippen LogP contribution in [0.1, 0.15) is 38.2 Å². The van der Waals surface area contributed by atoms with Gasteiger partial charge in [0.05, 0.1) is 19.7 Å². The van der Waals surface area contributed by atoms with E-state index in [2.05, 4.69) is 12.2 Å². The molecule has 0 aromatic heterocycles. The molecule has 0 spiro atoms. The van der Waals surface area contributed by atoms with Crippen molar-refractivity contribution in [2.75, 3.05) is 33.8 Å². The average Bonchev–Trinajstić information content (AvgIpc) is 2.54. The van der Waals surface area contributed by atoms with Crippen molar-refractivity contribution in [3.63, 3.8) is 0 Å². The third-order valence-electron chi connectivity index (χ3n) is 3.65. The maximum absolute atomic E-state index is 14.2. The van der Waals surface area contributed by atoms with Crippen molar-refractivity contribution >= 4 is 18.3 Å². The van der Waals surface area contributed by atoms with Gasteiger partial charge in [0.25, 0.3) is 5.92 Å². The lowest BCUT2D eigenvalue weighted by molar-refractivity contribution is -0.128. The average molecular weight is 379 g/mol. The Morgan fingerprint density at radius 2 is 1.96 bits per heavy atom. The van der Waals surface area contributed by atoms with Gasteiger partial charge in [-0.2, -0.15) is 8.78 Å². The van der Waals surface area contributed by atoms with Gasteiger partial charge in [0.15, 0.2) is 0 Å². The molecule has 0 saturated heterocycles. The Morgan fingerprint density at radius 3 is 2.60 bits per heavy atom. The van der Waals surface area contributed by atoms with Crippen LogP contribution in [0.3, 0.4) is 0 Å². The van der Waals surface area contributed by atoms with Gasteiger partial charge in [-0.05, 0) is 18.6 Å². The second kappa shape index (κ2) is 12.0. The van der Waals surface area contributed by atoms with E-state index in [1.807, 2.05) is 0 Å². The molecular weight excluding hydrogens is 350 g/mol. The Bertz CT molecular complexity index is 514. The number of rotatable bonds is 11. The molecule has 0 radical (unpaired) electrons. The second-order valence-electron chi connectivity index (χ2n) is 6.03. The number of alkyl halides is 2. The Labute approximate surface area is 155 Å². The van der Waals surface area contributed by atoms with Crippen LogP contribution in [0.15, 0.2) is 24.3 Å². The van der Waals surface area contributed by atoms with Crippen LogP contribution in [0.4, 0.5) is 8.78 Å². The lowest BCUT2D eigenvalue weighted by Crippen LogP contribution is -2.38. The first kappa shape index (κ1) is 23.6. The number of ether oxygens (including phenoxy) is 1. The lowest BCUT2D eigenvalue weighted by Gasteiger charge is -2.19. The minimum atomic E-state index is -3.06. The summed E-state index contributed by atoms with van der Waals surface area (Å²) in [4.78, 5) is 12.8. The first-order valence-electron chi connectivity index (χ1n) is 8.39. The van der Waals surface area contributed by atoms with Crippen molar-refractivity contribution in [3.8, 4) is 5.75 Å². The number of unbranched alkanes of at least 4 members (excludes halogenated alkanes) is 3. The molecule has 1 N–H and O–H groups in total. The zero-order valence-corrected chi connectivity index (χ0v) is 16.0. The third-order valence-corrected chi connectivity index (χ3v) is 3.65. The van der Waals surface area contributed by atoms with E-state index < -0.39 is 12.5 Å². The standard InChI is InChI=1S/C18H28F2N2O2.ClH/c1-4-5-6-7-11-24-16-10-8-9-15(12-16)18(19,20)14-21-13-17(23)22(2)3;/h8-10,12,21H,4-7,11,13-14H2,1-3H3;1H. The highest BCUT2D eigenvalue weighted by molar-refractivity contribution is 5.85. The minimum Gasteiger partial charge on any atom is -0.494 e. The molecule has 0 aliphatic heterocycles. The molecule has 1 rings (SSSR count). The van der Waals surface area contributed by atoms with Gasteiger partial charge in [0.1, 0.15) is 5.75 Å². The zero-order valence-electron chi connectivity index (χ0n) is 15.2. The van der Waals surface area contributed by atoms with Crippen molar-refractivity contribution in [2.24, 2.45) is 0 Å². The van der Waals surface area contributed by atoms with Crippen molar-refractivity contribution in [1.29, 1.82) is 0 Å². The summed E-state index contributed by atoms with van der Waals surface area (Å²) >= 11 is 0. The number of halogens is 3. The van der Waals surface area contributed by atoms with Gasteiger partial charge in [-0.3, -0.25) is 4.79 Å². The normalized spacial score (nSPS) is 10.9. The quantitative estimate of drug-likeness (QED) is 0.595. The summed E-state index contributed by atoms with van der Waals surface area (Å²) < 4.78 is 34.0. The number of carbonyl (C=O) groups is 1. The lowest BCUT2D eigenvalue weighted by atomic mass is 10.1. The Hall–Kier alpha value is -1.40. The van der Waals surface area contributed by atoms with Crippen molar-refractivity contribution in [1.82, 2.24) is 10.2 Å². The van der Waals surface area contributed by atoms with E-state index in [1.54, 1.807) is 26.2 Å². The van der Waals surface area contributed by atoms with E-state index in [1.165, 1.54) is 17.0 Å². The number of hydrogen-bond acceptors (Lipinski definition) is 3. The molecule has 0 aliphatic carbocycles. The van der Waals surface area contributed by atoms with E-state index >= 15 is 0 Å². The molecule has 25 heavy (non-hydrogen) atoms. The third kappa shape index (κ3) is 9.02. The zero-order chi connectivity index (χ0) is 18.0. The molecule has 7 heteroatoms. The van der Waals surface area contributed by atoms with Gasteiger partial charge in [-0.15, -0.1) is 12.4 Å². The first-order valence-corrected chi connectivity index (χ1v) is 8.39. The Kier molecular flexibility index (Phi) is 11.4. The maximum Gasteiger partial charge on any atom is 0.285 e. The summed E-state index contributed by atoms with van der Waals surface area (Å²) in [6.45, 7) is 1.96. The molecule has 4 nitrogen and oxygen atoms in total. The van der Waals surface area contributed by atoms with Gasteiger partial charge in [-0.1, -0.05) is 38.3 Å². The largest absolute Gasteiger partial charge is 0.494 e. The molecule has 144 valence electrons. The van der Waals surface area contributed by atoms with Crippen molar-refractivity contribution in [2.45, 2.75) is 38.5 Å². The smallest absolute Gasteiger partial charge is 0.285 e. The first-order chi connectivity index (χ1) is 11.4.